The third-order valence-electron chi connectivity index (χ3n) is 4.81. The molecule has 1 heterocycles. The zero-order chi connectivity index (χ0) is 19.5. The Morgan fingerprint density at radius 2 is 1.82 bits per heavy atom. The number of carbonyl (C=O) groups excluding carboxylic acids is 1. The lowest BCUT2D eigenvalue weighted by atomic mass is 9.99. The van der Waals surface area contributed by atoms with Crippen LogP contribution in [0.15, 0.2) is 53.7 Å². The van der Waals surface area contributed by atoms with Gasteiger partial charge in [-0.3, -0.25) is 9.36 Å². The molecule has 0 radical (unpaired) electrons. The predicted molar refractivity (Wildman–Crippen MR) is 111 cm³/mol. The second-order valence-corrected chi connectivity index (χ2v) is 8.27. The number of rotatable bonds is 5. The van der Waals surface area contributed by atoms with Gasteiger partial charge in [-0.25, -0.2) is 0 Å². The van der Waals surface area contributed by atoms with Crippen molar-refractivity contribution in [3.63, 3.8) is 0 Å². The molecule has 2 aromatic carbocycles. The average Bonchev–Trinajstić information content (AvgIpc) is 3.14. The number of halogens is 1. The first-order valence-electron chi connectivity index (χ1n) is 9.21. The second kappa shape index (κ2) is 8.37. The number of Topliss-reactive ketones (excluding diaryl/α,β-unsaturated/α-hetero) is 1. The number of hydrogen-bond donors (Lipinski definition) is 0. The number of methoxy groups -OCH3 is 1. The molecular formula is C21H20ClN3O2S. The maximum atomic E-state index is 12.3. The van der Waals surface area contributed by atoms with Crippen molar-refractivity contribution < 1.29 is 9.53 Å². The van der Waals surface area contributed by atoms with Crippen LogP contribution in [0, 0.1) is 0 Å². The van der Waals surface area contributed by atoms with E-state index in [4.69, 9.17) is 16.3 Å². The average molecular weight is 414 g/mol. The van der Waals surface area contributed by atoms with E-state index in [2.05, 4.69) is 10.2 Å². The molecule has 1 saturated carbocycles. The Hall–Kier alpha value is -2.31. The van der Waals surface area contributed by atoms with Crippen LogP contribution in [-0.2, 0) is 4.79 Å². The zero-order valence-corrected chi connectivity index (χ0v) is 17.0. The highest BCUT2D eigenvalue weighted by atomic mass is 35.5. The molecule has 0 amide bonds. The van der Waals surface area contributed by atoms with Gasteiger partial charge < -0.3 is 4.74 Å². The van der Waals surface area contributed by atoms with Crippen molar-refractivity contribution in [2.45, 2.75) is 36.1 Å². The lowest BCUT2D eigenvalue weighted by molar-refractivity contribution is -0.119. The number of thioether (sulfide) groups is 1. The molecule has 1 atom stereocenters. The minimum Gasteiger partial charge on any atom is -0.497 e. The highest BCUT2D eigenvalue weighted by molar-refractivity contribution is 8.00. The summed E-state index contributed by atoms with van der Waals surface area (Å²) in [4.78, 5) is 12.3. The van der Waals surface area contributed by atoms with E-state index in [0.717, 1.165) is 41.4 Å². The standard InChI is InChI=1S/C21H20ClN3O2S/c1-27-17-12-10-16(11-13-17)25-20(14-6-8-15(22)9-7-14)23-24-21(25)28-19-5-3-2-4-18(19)26/h6-13,19H,2-5H2,1H3/t19-/m1/s1. The molecule has 1 aliphatic carbocycles. The molecule has 0 spiro atoms. The summed E-state index contributed by atoms with van der Waals surface area (Å²) < 4.78 is 7.27. The van der Waals surface area contributed by atoms with Crippen LogP contribution in [0.1, 0.15) is 25.7 Å². The Balaban J connectivity index is 1.77. The van der Waals surface area contributed by atoms with E-state index >= 15 is 0 Å². The van der Waals surface area contributed by atoms with E-state index < -0.39 is 0 Å². The van der Waals surface area contributed by atoms with Crippen LogP contribution in [-0.4, -0.2) is 32.9 Å². The van der Waals surface area contributed by atoms with Gasteiger partial charge in [-0.1, -0.05) is 29.8 Å². The number of ether oxygens (including phenoxy) is 1. The second-order valence-electron chi connectivity index (χ2n) is 6.67. The molecule has 0 saturated heterocycles. The van der Waals surface area contributed by atoms with Crippen molar-refractivity contribution in [1.82, 2.24) is 14.8 Å². The lowest BCUT2D eigenvalue weighted by Gasteiger charge is -2.20. The first-order valence-corrected chi connectivity index (χ1v) is 10.5. The van der Waals surface area contributed by atoms with Gasteiger partial charge in [0.15, 0.2) is 11.0 Å². The van der Waals surface area contributed by atoms with Gasteiger partial charge in [0.2, 0.25) is 0 Å². The normalized spacial score (nSPS) is 16.9. The number of benzene rings is 2. The van der Waals surface area contributed by atoms with Crippen molar-refractivity contribution in [3.05, 3.63) is 53.6 Å². The molecular weight excluding hydrogens is 394 g/mol. The molecule has 144 valence electrons. The quantitative estimate of drug-likeness (QED) is 0.575. The Morgan fingerprint density at radius 3 is 2.50 bits per heavy atom. The van der Waals surface area contributed by atoms with E-state index in [1.54, 1.807) is 7.11 Å². The molecule has 28 heavy (non-hydrogen) atoms. The van der Waals surface area contributed by atoms with Crippen molar-refractivity contribution in [1.29, 1.82) is 0 Å². The number of ketones is 1. The van der Waals surface area contributed by atoms with Crippen LogP contribution >= 0.6 is 23.4 Å². The largest absolute Gasteiger partial charge is 0.497 e. The molecule has 1 aliphatic rings. The highest BCUT2D eigenvalue weighted by Crippen LogP contribution is 2.35. The summed E-state index contributed by atoms with van der Waals surface area (Å²) in [6.45, 7) is 0. The summed E-state index contributed by atoms with van der Waals surface area (Å²) in [7, 11) is 1.64. The van der Waals surface area contributed by atoms with E-state index in [-0.39, 0.29) is 5.25 Å². The van der Waals surface area contributed by atoms with Crippen LogP contribution in [0.25, 0.3) is 17.1 Å². The highest BCUT2D eigenvalue weighted by Gasteiger charge is 2.27. The zero-order valence-electron chi connectivity index (χ0n) is 15.5. The van der Waals surface area contributed by atoms with Gasteiger partial charge in [-0.15, -0.1) is 10.2 Å². The number of nitrogens with zero attached hydrogens (tertiary/aromatic N) is 3. The first-order chi connectivity index (χ1) is 13.7. The fraction of sp³-hybridized carbons (Fsp3) is 0.286. The molecule has 0 bridgehead atoms. The van der Waals surface area contributed by atoms with E-state index in [9.17, 15) is 4.79 Å². The van der Waals surface area contributed by atoms with Crippen LogP contribution in [0.5, 0.6) is 5.75 Å². The summed E-state index contributed by atoms with van der Waals surface area (Å²) in [5, 5.41) is 10.2. The number of carbonyl (C=O) groups is 1. The SMILES string of the molecule is COc1ccc(-n2c(S[C@@H]3CCCCC3=O)nnc2-c2ccc(Cl)cc2)cc1. The van der Waals surface area contributed by atoms with Crippen LogP contribution < -0.4 is 4.74 Å². The van der Waals surface area contributed by atoms with Crippen molar-refractivity contribution in [2.75, 3.05) is 7.11 Å². The minimum atomic E-state index is -0.0620. The van der Waals surface area contributed by atoms with E-state index in [0.29, 0.717) is 23.1 Å². The molecule has 0 N–H and O–H groups in total. The molecule has 4 rings (SSSR count). The van der Waals surface area contributed by atoms with Crippen molar-refractivity contribution in [3.8, 4) is 22.8 Å². The van der Waals surface area contributed by atoms with Crippen molar-refractivity contribution in [2.24, 2.45) is 0 Å². The van der Waals surface area contributed by atoms with Crippen LogP contribution in [0.3, 0.4) is 0 Å². The summed E-state index contributed by atoms with van der Waals surface area (Å²) in [6, 6.07) is 15.3. The summed E-state index contributed by atoms with van der Waals surface area (Å²) >= 11 is 7.55. The lowest BCUT2D eigenvalue weighted by Crippen LogP contribution is -2.21. The Bertz CT molecular complexity index is 970. The maximum Gasteiger partial charge on any atom is 0.196 e. The van der Waals surface area contributed by atoms with Crippen LogP contribution in [0.4, 0.5) is 0 Å². The van der Waals surface area contributed by atoms with Gasteiger partial charge in [0.25, 0.3) is 0 Å². The summed E-state index contributed by atoms with van der Waals surface area (Å²) in [5.74, 6) is 1.79. The maximum absolute atomic E-state index is 12.3. The minimum absolute atomic E-state index is 0.0620. The van der Waals surface area contributed by atoms with Gasteiger partial charge in [0, 0.05) is 22.7 Å². The molecule has 1 aromatic heterocycles. The molecule has 0 unspecified atom stereocenters. The van der Waals surface area contributed by atoms with Gasteiger partial charge in [-0.05, 0) is 61.4 Å². The number of hydrogen-bond acceptors (Lipinski definition) is 5. The monoisotopic (exact) mass is 413 g/mol. The third-order valence-corrected chi connectivity index (χ3v) is 6.32. The van der Waals surface area contributed by atoms with Gasteiger partial charge in [0.1, 0.15) is 11.5 Å². The topological polar surface area (TPSA) is 57.0 Å². The van der Waals surface area contributed by atoms with E-state index in [1.165, 1.54) is 11.8 Å². The Labute approximate surface area is 173 Å². The molecule has 3 aromatic rings. The predicted octanol–water partition coefficient (Wildman–Crippen LogP) is 5.20. The first kappa shape index (κ1) is 19.0. The fourth-order valence-corrected chi connectivity index (χ4v) is 4.60. The molecule has 5 nitrogen and oxygen atoms in total. The smallest absolute Gasteiger partial charge is 0.196 e. The Morgan fingerprint density at radius 1 is 1.07 bits per heavy atom. The summed E-state index contributed by atoms with van der Waals surface area (Å²) in [6.07, 6.45) is 3.59. The van der Waals surface area contributed by atoms with Gasteiger partial charge >= 0.3 is 0 Å². The van der Waals surface area contributed by atoms with Gasteiger partial charge in [0.05, 0.1) is 12.4 Å². The third kappa shape index (κ3) is 3.93. The summed E-state index contributed by atoms with van der Waals surface area (Å²) in [5.41, 5.74) is 1.83. The fourth-order valence-electron chi connectivity index (χ4n) is 3.30. The van der Waals surface area contributed by atoms with E-state index in [1.807, 2.05) is 53.1 Å². The van der Waals surface area contributed by atoms with Crippen molar-refractivity contribution >= 4 is 29.1 Å². The molecule has 0 aliphatic heterocycles. The van der Waals surface area contributed by atoms with Crippen LogP contribution in [0.2, 0.25) is 5.02 Å². The molecule has 7 heteroatoms. The van der Waals surface area contributed by atoms with Gasteiger partial charge in [-0.2, -0.15) is 0 Å². The Kier molecular flexibility index (Phi) is 5.69. The molecule has 1 fully saturated rings. The number of aromatic nitrogens is 3.